The first-order chi connectivity index (χ1) is 8.18. The van der Waals surface area contributed by atoms with Crippen LogP contribution in [0.2, 0.25) is 0 Å². The Balaban J connectivity index is 1.87. The molecule has 0 spiro atoms. The minimum absolute atomic E-state index is 0.137. The van der Waals surface area contributed by atoms with E-state index in [0.29, 0.717) is 6.54 Å². The number of amides is 2. The normalized spacial score (nSPS) is 22.7. The lowest BCUT2D eigenvalue weighted by Gasteiger charge is -2.23. The van der Waals surface area contributed by atoms with E-state index in [1.807, 2.05) is 11.8 Å². The number of urea groups is 1. The molecule has 6 heteroatoms. The van der Waals surface area contributed by atoms with Gasteiger partial charge in [0.05, 0.1) is 0 Å². The van der Waals surface area contributed by atoms with Gasteiger partial charge in [0.2, 0.25) is 0 Å². The number of carboxylic acids is 1. The van der Waals surface area contributed by atoms with E-state index in [0.717, 1.165) is 37.3 Å². The number of carbonyl (C=O) groups excluding carboxylic acids is 1. The van der Waals surface area contributed by atoms with Gasteiger partial charge in [-0.2, -0.15) is 11.8 Å². The predicted octanol–water partition coefficient (Wildman–Crippen LogP) is 0.998. The van der Waals surface area contributed by atoms with Crippen LogP contribution >= 0.6 is 11.8 Å². The summed E-state index contributed by atoms with van der Waals surface area (Å²) in [4.78, 5) is 24.7. The number of aliphatic carboxylic acids is 1. The molecule has 2 amide bonds. The van der Waals surface area contributed by atoms with Crippen LogP contribution in [0.5, 0.6) is 0 Å². The molecule has 1 heterocycles. The Morgan fingerprint density at radius 2 is 2.06 bits per heavy atom. The molecular formula is C11H18N2O3S. The van der Waals surface area contributed by atoms with E-state index in [4.69, 9.17) is 5.11 Å². The predicted molar refractivity (Wildman–Crippen MR) is 66.2 cm³/mol. The van der Waals surface area contributed by atoms with Crippen LogP contribution in [0.25, 0.3) is 0 Å². The first-order valence-electron chi connectivity index (χ1n) is 6.04. The SMILES string of the molecule is O=C(O)C(NC(=O)N1CCCSCC1)C1CC1. The summed E-state index contributed by atoms with van der Waals surface area (Å²) < 4.78 is 0. The van der Waals surface area contributed by atoms with Crippen molar-refractivity contribution < 1.29 is 14.7 Å². The van der Waals surface area contributed by atoms with Gasteiger partial charge in [0.25, 0.3) is 0 Å². The van der Waals surface area contributed by atoms with Gasteiger partial charge in [-0.25, -0.2) is 9.59 Å². The summed E-state index contributed by atoms with van der Waals surface area (Å²) in [6.07, 6.45) is 2.81. The van der Waals surface area contributed by atoms with Crippen molar-refractivity contribution in [3.8, 4) is 0 Å². The third kappa shape index (κ3) is 3.52. The summed E-state index contributed by atoms with van der Waals surface area (Å²) in [7, 11) is 0. The molecule has 1 aliphatic heterocycles. The van der Waals surface area contributed by atoms with Crippen LogP contribution in [0.15, 0.2) is 0 Å². The van der Waals surface area contributed by atoms with Crippen molar-refractivity contribution in [1.82, 2.24) is 10.2 Å². The smallest absolute Gasteiger partial charge is 0.326 e. The highest BCUT2D eigenvalue weighted by atomic mass is 32.2. The summed E-state index contributed by atoms with van der Waals surface area (Å²) in [5.41, 5.74) is 0. The topological polar surface area (TPSA) is 69.6 Å². The Morgan fingerprint density at radius 1 is 1.29 bits per heavy atom. The third-order valence-electron chi connectivity index (χ3n) is 3.15. The van der Waals surface area contributed by atoms with E-state index in [2.05, 4.69) is 5.32 Å². The quantitative estimate of drug-likeness (QED) is 0.792. The number of hydrogen-bond donors (Lipinski definition) is 2. The summed E-state index contributed by atoms with van der Waals surface area (Å²) in [5, 5.41) is 11.7. The molecule has 1 atom stereocenters. The fourth-order valence-electron chi connectivity index (χ4n) is 1.98. The molecule has 1 saturated carbocycles. The lowest BCUT2D eigenvalue weighted by Crippen LogP contribution is -2.49. The molecule has 2 N–H and O–H groups in total. The first kappa shape index (κ1) is 12.5. The second-order valence-corrected chi connectivity index (χ2v) is 5.78. The molecule has 1 saturated heterocycles. The zero-order valence-electron chi connectivity index (χ0n) is 9.72. The lowest BCUT2D eigenvalue weighted by atomic mass is 10.2. The Kier molecular flexibility index (Phi) is 4.15. The van der Waals surface area contributed by atoms with E-state index in [-0.39, 0.29) is 11.9 Å². The van der Waals surface area contributed by atoms with Gasteiger partial charge in [-0.3, -0.25) is 0 Å². The van der Waals surface area contributed by atoms with Crippen LogP contribution in [0, 0.1) is 5.92 Å². The van der Waals surface area contributed by atoms with Crippen molar-refractivity contribution in [2.45, 2.75) is 25.3 Å². The highest BCUT2D eigenvalue weighted by molar-refractivity contribution is 7.99. The molecule has 0 radical (unpaired) electrons. The van der Waals surface area contributed by atoms with Crippen LogP contribution in [-0.4, -0.2) is 52.6 Å². The van der Waals surface area contributed by atoms with Crippen LogP contribution in [0.1, 0.15) is 19.3 Å². The Labute approximate surface area is 105 Å². The van der Waals surface area contributed by atoms with Gasteiger partial charge < -0.3 is 15.3 Å². The standard InChI is InChI=1S/C11H18N2O3S/c14-10(15)9(8-2-3-8)12-11(16)13-4-1-6-17-7-5-13/h8-9H,1-7H2,(H,12,16)(H,14,15). The molecule has 0 aromatic rings. The van der Waals surface area contributed by atoms with Crippen molar-refractivity contribution in [1.29, 1.82) is 0 Å². The number of carboxylic acid groups (broad SMARTS) is 1. The Hall–Kier alpha value is -0.910. The molecule has 0 aromatic heterocycles. The van der Waals surface area contributed by atoms with Crippen LogP contribution in [0.3, 0.4) is 0 Å². The van der Waals surface area contributed by atoms with Gasteiger partial charge in [0.15, 0.2) is 0 Å². The number of hydrogen-bond acceptors (Lipinski definition) is 3. The van der Waals surface area contributed by atoms with Crippen molar-refractivity contribution in [3.05, 3.63) is 0 Å². The molecule has 0 bridgehead atoms. The van der Waals surface area contributed by atoms with Crippen LogP contribution in [-0.2, 0) is 4.79 Å². The number of nitrogens with one attached hydrogen (secondary N) is 1. The molecule has 5 nitrogen and oxygen atoms in total. The number of rotatable bonds is 3. The number of thioether (sulfide) groups is 1. The molecule has 1 aliphatic carbocycles. The molecule has 0 aromatic carbocycles. The minimum Gasteiger partial charge on any atom is -0.480 e. The fourth-order valence-corrected chi connectivity index (χ4v) is 2.87. The molecule has 2 aliphatic rings. The Morgan fingerprint density at radius 3 is 2.71 bits per heavy atom. The van der Waals surface area contributed by atoms with Crippen molar-refractivity contribution in [2.75, 3.05) is 24.6 Å². The third-order valence-corrected chi connectivity index (χ3v) is 4.20. The average molecular weight is 258 g/mol. The molecule has 2 rings (SSSR count). The maximum atomic E-state index is 11.9. The number of nitrogens with zero attached hydrogens (tertiary/aromatic N) is 1. The van der Waals surface area contributed by atoms with E-state index < -0.39 is 12.0 Å². The van der Waals surface area contributed by atoms with Gasteiger partial charge in [-0.05, 0) is 30.9 Å². The van der Waals surface area contributed by atoms with Crippen LogP contribution in [0.4, 0.5) is 4.79 Å². The summed E-state index contributed by atoms with van der Waals surface area (Å²) in [6.45, 7) is 1.45. The summed E-state index contributed by atoms with van der Waals surface area (Å²) >= 11 is 1.84. The van der Waals surface area contributed by atoms with Gasteiger partial charge >= 0.3 is 12.0 Å². The van der Waals surface area contributed by atoms with E-state index in [9.17, 15) is 9.59 Å². The summed E-state index contributed by atoms with van der Waals surface area (Å²) in [5.74, 6) is 1.24. The highest BCUT2D eigenvalue weighted by Crippen LogP contribution is 2.32. The van der Waals surface area contributed by atoms with E-state index >= 15 is 0 Å². The maximum absolute atomic E-state index is 11.9. The Bertz CT molecular complexity index is 299. The largest absolute Gasteiger partial charge is 0.480 e. The number of carbonyl (C=O) groups is 2. The van der Waals surface area contributed by atoms with Crippen molar-refractivity contribution >= 4 is 23.8 Å². The zero-order valence-corrected chi connectivity index (χ0v) is 10.5. The molecule has 2 fully saturated rings. The first-order valence-corrected chi connectivity index (χ1v) is 7.20. The van der Waals surface area contributed by atoms with Gasteiger partial charge in [0.1, 0.15) is 6.04 Å². The monoisotopic (exact) mass is 258 g/mol. The maximum Gasteiger partial charge on any atom is 0.326 e. The zero-order chi connectivity index (χ0) is 12.3. The minimum atomic E-state index is -0.912. The average Bonchev–Trinajstić information content (AvgIpc) is 3.11. The summed E-state index contributed by atoms with van der Waals surface area (Å²) in [6, 6.07) is -0.912. The fraction of sp³-hybridized carbons (Fsp3) is 0.818. The van der Waals surface area contributed by atoms with Crippen molar-refractivity contribution in [2.24, 2.45) is 5.92 Å². The molecule has 1 unspecified atom stereocenters. The molecule has 96 valence electrons. The lowest BCUT2D eigenvalue weighted by molar-refractivity contribution is -0.139. The van der Waals surface area contributed by atoms with Crippen molar-refractivity contribution in [3.63, 3.8) is 0 Å². The highest BCUT2D eigenvalue weighted by Gasteiger charge is 2.38. The van der Waals surface area contributed by atoms with Gasteiger partial charge in [-0.1, -0.05) is 0 Å². The van der Waals surface area contributed by atoms with Gasteiger partial charge in [0, 0.05) is 18.8 Å². The van der Waals surface area contributed by atoms with Gasteiger partial charge in [-0.15, -0.1) is 0 Å². The molecule has 17 heavy (non-hydrogen) atoms. The second kappa shape index (κ2) is 5.62. The molecular weight excluding hydrogens is 240 g/mol. The van der Waals surface area contributed by atoms with Crippen LogP contribution < -0.4 is 5.32 Å². The van der Waals surface area contributed by atoms with E-state index in [1.165, 1.54) is 0 Å². The second-order valence-electron chi connectivity index (χ2n) is 4.56. The van der Waals surface area contributed by atoms with E-state index in [1.54, 1.807) is 4.90 Å².